The second-order valence-electron chi connectivity index (χ2n) is 6.80. The number of hydrogen-bond acceptors (Lipinski definition) is 3. The molecule has 0 spiro atoms. The highest BCUT2D eigenvalue weighted by molar-refractivity contribution is 6.74. The molecule has 0 amide bonds. The van der Waals surface area contributed by atoms with E-state index in [2.05, 4.69) is 33.9 Å². The minimum absolute atomic E-state index is 0.145. The molecule has 1 aromatic rings. The van der Waals surface area contributed by atoms with Gasteiger partial charge in [0.2, 0.25) is 0 Å². The molecule has 0 bridgehead atoms. The third kappa shape index (κ3) is 4.86. The predicted octanol–water partition coefficient (Wildman–Crippen LogP) is 4.17. The van der Waals surface area contributed by atoms with Crippen molar-refractivity contribution in [3.63, 3.8) is 0 Å². The maximum absolute atomic E-state index is 11.1. The van der Waals surface area contributed by atoms with Crippen LogP contribution >= 0.6 is 0 Å². The van der Waals surface area contributed by atoms with Crippen LogP contribution in [0.4, 0.5) is 0 Å². The highest BCUT2D eigenvalue weighted by Gasteiger charge is 2.37. The summed E-state index contributed by atoms with van der Waals surface area (Å²) in [6.07, 6.45) is -0.195. The summed E-state index contributed by atoms with van der Waals surface area (Å²) in [5, 5.41) is 9.28. The molecule has 0 radical (unpaired) electrons. The van der Waals surface area contributed by atoms with Crippen molar-refractivity contribution < 1.29 is 19.1 Å². The SMILES string of the molecule is C[C@@H](CO[Si](C)(C)C(C)(C)C)Oc1ccccc1C(=O)O. The summed E-state index contributed by atoms with van der Waals surface area (Å²) in [4.78, 5) is 11.1. The lowest BCUT2D eigenvalue weighted by Crippen LogP contribution is -2.43. The number of para-hydroxylation sites is 1. The van der Waals surface area contributed by atoms with Gasteiger partial charge in [-0.3, -0.25) is 0 Å². The topological polar surface area (TPSA) is 55.8 Å². The van der Waals surface area contributed by atoms with E-state index < -0.39 is 14.3 Å². The summed E-state index contributed by atoms with van der Waals surface area (Å²) in [6.45, 7) is 13.3. The van der Waals surface area contributed by atoms with E-state index in [0.29, 0.717) is 12.4 Å². The van der Waals surface area contributed by atoms with Gasteiger partial charge < -0.3 is 14.3 Å². The van der Waals surface area contributed by atoms with E-state index in [1.165, 1.54) is 0 Å². The van der Waals surface area contributed by atoms with Crippen molar-refractivity contribution in [2.24, 2.45) is 0 Å². The summed E-state index contributed by atoms with van der Waals surface area (Å²) in [5.41, 5.74) is 0.177. The van der Waals surface area contributed by atoms with Gasteiger partial charge in [-0.15, -0.1) is 0 Å². The van der Waals surface area contributed by atoms with Crippen LogP contribution in [-0.2, 0) is 4.43 Å². The molecule has 0 aliphatic rings. The van der Waals surface area contributed by atoms with Gasteiger partial charge in [0, 0.05) is 0 Å². The molecule has 0 fully saturated rings. The average molecular weight is 310 g/mol. The first-order chi connectivity index (χ1) is 9.54. The number of rotatable bonds is 6. The van der Waals surface area contributed by atoms with Crippen LogP contribution in [0.2, 0.25) is 18.1 Å². The number of hydrogen-bond donors (Lipinski definition) is 1. The van der Waals surface area contributed by atoms with Gasteiger partial charge in [0.25, 0.3) is 0 Å². The monoisotopic (exact) mass is 310 g/mol. The second kappa shape index (κ2) is 6.62. The van der Waals surface area contributed by atoms with Crippen LogP contribution in [0.3, 0.4) is 0 Å². The van der Waals surface area contributed by atoms with Crippen molar-refractivity contribution in [3.05, 3.63) is 29.8 Å². The van der Waals surface area contributed by atoms with Gasteiger partial charge in [-0.05, 0) is 37.2 Å². The van der Waals surface area contributed by atoms with E-state index >= 15 is 0 Å². The minimum Gasteiger partial charge on any atom is -0.487 e. The van der Waals surface area contributed by atoms with Gasteiger partial charge in [0.15, 0.2) is 8.32 Å². The average Bonchev–Trinajstić information content (AvgIpc) is 2.35. The van der Waals surface area contributed by atoms with E-state index in [0.717, 1.165) is 0 Å². The summed E-state index contributed by atoms with van der Waals surface area (Å²) < 4.78 is 11.8. The van der Waals surface area contributed by atoms with Gasteiger partial charge >= 0.3 is 5.97 Å². The highest BCUT2D eigenvalue weighted by Crippen LogP contribution is 2.36. The maximum atomic E-state index is 11.1. The zero-order valence-electron chi connectivity index (χ0n) is 13.8. The molecule has 1 atom stereocenters. The van der Waals surface area contributed by atoms with Gasteiger partial charge in [-0.25, -0.2) is 4.79 Å². The fraction of sp³-hybridized carbons (Fsp3) is 0.562. The van der Waals surface area contributed by atoms with Gasteiger partial charge in [0.1, 0.15) is 17.4 Å². The van der Waals surface area contributed by atoms with E-state index in [9.17, 15) is 4.79 Å². The summed E-state index contributed by atoms with van der Waals surface area (Å²) >= 11 is 0. The Balaban J connectivity index is 2.67. The molecule has 0 unspecified atom stereocenters. The van der Waals surface area contributed by atoms with E-state index in [1.807, 2.05) is 6.92 Å². The van der Waals surface area contributed by atoms with E-state index in [1.54, 1.807) is 24.3 Å². The van der Waals surface area contributed by atoms with Crippen LogP contribution in [0, 0.1) is 0 Å². The van der Waals surface area contributed by atoms with Crippen LogP contribution in [0.25, 0.3) is 0 Å². The molecular weight excluding hydrogens is 284 g/mol. The smallest absolute Gasteiger partial charge is 0.339 e. The molecule has 0 aromatic heterocycles. The standard InChI is InChI=1S/C16H26O4Si/c1-12(11-19-21(5,6)16(2,3)4)20-14-10-8-7-9-13(14)15(17)18/h7-10,12H,11H2,1-6H3,(H,17,18)/t12-/m0/s1. The van der Waals surface area contributed by atoms with Crippen molar-refractivity contribution in [1.29, 1.82) is 0 Å². The third-order valence-corrected chi connectivity index (χ3v) is 8.43. The molecule has 118 valence electrons. The number of ether oxygens (including phenoxy) is 1. The Morgan fingerprint density at radius 1 is 1.29 bits per heavy atom. The molecular formula is C16H26O4Si. The highest BCUT2D eigenvalue weighted by atomic mass is 28.4. The number of benzene rings is 1. The van der Waals surface area contributed by atoms with Crippen molar-refractivity contribution in [2.45, 2.75) is 51.9 Å². The van der Waals surface area contributed by atoms with Gasteiger partial charge in [-0.1, -0.05) is 32.9 Å². The molecule has 0 heterocycles. The third-order valence-electron chi connectivity index (χ3n) is 3.93. The minimum atomic E-state index is -1.82. The van der Waals surface area contributed by atoms with Crippen molar-refractivity contribution in [1.82, 2.24) is 0 Å². The Labute approximate surface area is 128 Å². The number of carboxylic acids is 1. The van der Waals surface area contributed by atoms with Crippen LogP contribution < -0.4 is 4.74 Å². The largest absolute Gasteiger partial charge is 0.487 e. The van der Waals surface area contributed by atoms with Crippen molar-refractivity contribution in [3.8, 4) is 5.75 Å². The summed E-state index contributed by atoms with van der Waals surface area (Å²) in [5.74, 6) is -0.598. The first-order valence-electron chi connectivity index (χ1n) is 7.17. The summed E-state index contributed by atoms with van der Waals surface area (Å²) in [7, 11) is -1.82. The van der Waals surface area contributed by atoms with Crippen LogP contribution in [0.1, 0.15) is 38.1 Å². The van der Waals surface area contributed by atoms with Crippen LogP contribution in [0.15, 0.2) is 24.3 Å². The lowest BCUT2D eigenvalue weighted by Gasteiger charge is -2.36. The predicted molar refractivity (Wildman–Crippen MR) is 86.6 cm³/mol. The van der Waals surface area contributed by atoms with Crippen molar-refractivity contribution in [2.75, 3.05) is 6.61 Å². The van der Waals surface area contributed by atoms with Crippen molar-refractivity contribution >= 4 is 14.3 Å². The molecule has 0 aliphatic heterocycles. The fourth-order valence-corrected chi connectivity index (χ4v) is 2.62. The summed E-state index contributed by atoms with van der Waals surface area (Å²) in [6, 6.07) is 6.67. The van der Waals surface area contributed by atoms with Crippen LogP contribution in [0.5, 0.6) is 5.75 Å². The Morgan fingerprint density at radius 3 is 2.38 bits per heavy atom. The molecule has 4 nitrogen and oxygen atoms in total. The lowest BCUT2D eigenvalue weighted by atomic mass is 10.2. The number of carbonyl (C=O) groups is 1. The Hall–Kier alpha value is -1.33. The fourth-order valence-electron chi connectivity index (χ4n) is 1.54. The molecule has 1 rings (SSSR count). The number of aromatic carboxylic acids is 1. The van der Waals surface area contributed by atoms with Gasteiger partial charge in [0.05, 0.1) is 6.61 Å². The lowest BCUT2D eigenvalue weighted by molar-refractivity contribution is 0.0685. The first kappa shape index (κ1) is 17.7. The molecule has 5 heteroatoms. The Bertz CT molecular complexity index is 491. The molecule has 0 aliphatic carbocycles. The number of carboxylic acid groups (broad SMARTS) is 1. The zero-order chi connectivity index (χ0) is 16.3. The molecule has 0 saturated carbocycles. The maximum Gasteiger partial charge on any atom is 0.339 e. The van der Waals surface area contributed by atoms with Gasteiger partial charge in [-0.2, -0.15) is 0 Å². The molecule has 21 heavy (non-hydrogen) atoms. The van der Waals surface area contributed by atoms with E-state index in [4.69, 9.17) is 14.3 Å². The molecule has 1 N–H and O–H groups in total. The molecule has 1 aromatic carbocycles. The first-order valence-corrected chi connectivity index (χ1v) is 10.1. The molecule has 0 saturated heterocycles. The zero-order valence-corrected chi connectivity index (χ0v) is 14.8. The second-order valence-corrected chi connectivity index (χ2v) is 11.6. The normalized spacial score (nSPS) is 13.8. The quantitative estimate of drug-likeness (QED) is 0.801. The van der Waals surface area contributed by atoms with Crippen LogP contribution in [-0.4, -0.2) is 32.1 Å². The Kier molecular flexibility index (Phi) is 5.59. The Morgan fingerprint density at radius 2 is 1.86 bits per heavy atom. The van der Waals surface area contributed by atoms with E-state index in [-0.39, 0.29) is 16.7 Å².